The van der Waals surface area contributed by atoms with Crippen molar-refractivity contribution in [2.45, 2.75) is 308 Å². The highest BCUT2D eigenvalue weighted by atomic mass is 16.2. The first-order valence-corrected chi connectivity index (χ1v) is 46.2. The van der Waals surface area contributed by atoms with Gasteiger partial charge in [0, 0.05) is 96.4 Å². The summed E-state index contributed by atoms with van der Waals surface area (Å²) in [5.74, 6) is -6.20. The van der Waals surface area contributed by atoms with Gasteiger partial charge in [0.05, 0.1) is 45.6 Å². The highest BCUT2D eigenvalue weighted by molar-refractivity contribution is 6.23. The van der Waals surface area contributed by atoms with Crippen molar-refractivity contribution >= 4 is 47.3 Å². The van der Waals surface area contributed by atoms with Crippen LogP contribution >= 0.6 is 0 Å². The van der Waals surface area contributed by atoms with E-state index in [2.05, 4.69) is 76.2 Å². The van der Waals surface area contributed by atoms with Gasteiger partial charge in [0.1, 0.15) is 0 Å². The normalized spacial score (nSPS) is 17.4. The van der Waals surface area contributed by atoms with Crippen LogP contribution in [0.25, 0.3) is 90.1 Å². The molecule has 120 heavy (non-hydrogen) atoms. The Hall–Kier alpha value is -10.2. The number of benzene rings is 4. The number of imide groups is 4. The van der Waals surface area contributed by atoms with Gasteiger partial charge < -0.3 is 0 Å². The van der Waals surface area contributed by atoms with Crippen LogP contribution in [0.4, 0.5) is 0 Å². The Morgan fingerprint density at radius 3 is 0.442 bits per heavy atom. The summed E-state index contributed by atoms with van der Waals surface area (Å²) in [6.07, 6.45) is 42.7. The lowest BCUT2D eigenvalue weighted by atomic mass is 9.74. The van der Waals surface area contributed by atoms with Gasteiger partial charge in [-0.2, -0.15) is 0 Å². The number of hydrogen-bond acceptors (Lipinski definition) is 16. The Morgan fingerprint density at radius 2 is 0.308 bits per heavy atom. The second kappa shape index (κ2) is 35.1. The van der Waals surface area contributed by atoms with E-state index in [0.29, 0.717) is 116 Å². The molecule has 624 valence electrons. The van der Waals surface area contributed by atoms with E-state index in [1.54, 1.807) is 0 Å². The number of amides is 8. The van der Waals surface area contributed by atoms with E-state index in [4.69, 9.17) is 39.9 Å². The van der Waals surface area contributed by atoms with Crippen molar-refractivity contribution in [3.63, 3.8) is 0 Å². The van der Waals surface area contributed by atoms with Crippen LogP contribution in [-0.2, 0) is 0 Å². The number of rotatable bonds is 40. The standard InChI is InChI=1S/C100H116N12O8/c1-9-13-17-21-25-29-33-37-41-45-57-61-49-63-58(46-42-38-34-30-26-22-18-14-10-2)65-51-67-60(48-44-40-36-32-28-24-20-16-12-4)68-52-66-59(47-43-39-35-31-27-23-19-15-11-3)64-50-62(57)70-54-72(64)80-82(106-90-88(104-80)96(116)111(7)98(90)118)74(66)56-76(68)84-83(107-91-92(108-84)100(120)112(8)99(91)119)75(67)55-73(65)81-79(103-87-89(105-81)97(117)110(6)95(87)115)71(63)53-69(61)77-78(70)102-86-85(101-77)93(113)109(5)94(86)114/h49-60H,9-48H2,1-8H3. The lowest BCUT2D eigenvalue weighted by molar-refractivity contribution is 0.0674. The minimum atomic E-state index is -0.582. The van der Waals surface area contributed by atoms with Crippen LogP contribution in [0.5, 0.6) is 0 Å². The maximum atomic E-state index is 14.8. The van der Waals surface area contributed by atoms with E-state index < -0.39 is 47.3 Å². The molecular formula is C100H116N12O8. The quantitative estimate of drug-likeness (QED) is 0.0256. The molecule has 0 spiro atoms. The number of aromatic nitrogens is 8. The number of fused-ring (bicyclic) bond motifs is 16. The first-order chi connectivity index (χ1) is 58.5. The summed E-state index contributed by atoms with van der Waals surface area (Å²) in [4.78, 5) is 167. The van der Waals surface area contributed by atoms with Gasteiger partial charge in [-0.15, -0.1) is 0 Å². The van der Waals surface area contributed by atoms with E-state index >= 15 is 0 Å². The predicted molar refractivity (Wildman–Crippen MR) is 466 cm³/mol. The molecular weight excluding hydrogens is 1500 g/mol. The second-order valence-corrected chi connectivity index (χ2v) is 35.9. The highest BCUT2D eigenvalue weighted by Gasteiger charge is 2.48. The number of nitrogens with zero attached hydrogens (tertiary/aromatic N) is 12. The van der Waals surface area contributed by atoms with Gasteiger partial charge in [-0.3, -0.25) is 58.0 Å². The molecule has 20 heteroatoms. The van der Waals surface area contributed by atoms with E-state index in [9.17, 15) is 38.4 Å². The van der Waals surface area contributed by atoms with Crippen LogP contribution in [0.3, 0.4) is 0 Å². The molecule has 5 aliphatic carbocycles. The lowest BCUT2D eigenvalue weighted by Crippen LogP contribution is -2.24. The van der Waals surface area contributed by atoms with Gasteiger partial charge in [-0.1, -0.05) is 283 Å². The Morgan fingerprint density at radius 1 is 0.183 bits per heavy atom. The summed E-state index contributed by atoms with van der Waals surface area (Å²) in [5.41, 5.74) is 15.4. The summed E-state index contributed by atoms with van der Waals surface area (Å²) in [7, 11) is 5.84. The molecule has 4 aliphatic heterocycles. The Balaban J connectivity index is 1.00. The van der Waals surface area contributed by atoms with Crippen molar-refractivity contribution in [3.05, 3.63) is 139 Å². The van der Waals surface area contributed by atoms with E-state index in [0.717, 1.165) is 167 Å². The van der Waals surface area contributed by atoms with Gasteiger partial charge in [-0.25, -0.2) is 39.9 Å². The number of carbonyl (C=O) groups is 8. The summed E-state index contributed by atoms with van der Waals surface area (Å²) in [5, 5.41) is 0. The van der Waals surface area contributed by atoms with Gasteiger partial charge in [-0.05, 0) is 94.5 Å². The molecule has 8 amide bonds. The molecule has 0 unspecified atom stereocenters. The molecule has 0 saturated heterocycles. The number of hydrogen-bond donors (Lipinski definition) is 0. The predicted octanol–water partition coefficient (Wildman–Crippen LogP) is 22.9. The third-order valence-electron chi connectivity index (χ3n) is 28.0. The third kappa shape index (κ3) is 14.6. The average molecular weight is 1610 g/mol. The monoisotopic (exact) mass is 1610 g/mol. The zero-order valence-electron chi connectivity index (χ0n) is 71.8. The molecule has 8 aromatic rings. The maximum absolute atomic E-state index is 14.8. The van der Waals surface area contributed by atoms with Crippen LogP contribution in [-0.4, -0.2) is 135 Å². The fourth-order valence-corrected chi connectivity index (χ4v) is 21.1. The Kier molecular flexibility index (Phi) is 24.0. The number of unbranched alkanes of at least 4 members (excludes halogenated alkanes) is 32. The average Bonchev–Trinajstić information content (AvgIpc) is 1.54. The molecule has 8 heterocycles. The largest absolute Gasteiger partial charge is 0.281 e. The second-order valence-electron chi connectivity index (χ2n) is 35.9. The minimum absolute atomic E-state index is 0.0737. The van der Waals surface area contributed by atoms with Crippen molar-refractivity contribution in [3.8, 4) is 90.1 Å². The highest BCUT2D eigenvalue weighted by Crippen LogP contribution is 2.60. The molecule has 20 nitrogen and oxygen atoms in total. The van der Waals surface area contributed by atoms with Crippen LogP contribution in [0.15, 0.2) is 48.5 Å². The van der Waals surface area contributed by atoms with Crippen molar-refractivity contribution < 1.29 is 38.4 Å². The molecule has 0 fully saturated rings. The zero-order valence-corrected chi connectivity index (χ0v) is 71.8. The molecule has 0 saturated carbocycles. The van der Waals surface area contributed by atoms with Gasteiger partial charge in [0.25, 0.3) is 47.3 Å². The first-order valence-electron chi connectivity index (χ1n) is 46.2. The SMILES string of the molecule is CCCCCCCCCCCC1c2cc3c4cc2-c2nc5c(nc2-c2cc6c(cc21)C(CCCCCCCCCCC)c1cc2c(cc1-c1nc7c(nc1-6)C(=O)N(C)C7=O)-c1nc6c(nc1-c1cc(c(cc1C2CCCCCCCCCCC)C3CCCCCCCCCCC)-c1nc2c(nc1-4)C(=O)N(C)C2=O)C(=O)N(C)C6=O)C(=O)N(C)C5=O. The molecule has 4 aromatic carbocycles. The van der Waals surface area contributed by atoms with Crippen LogP contribution in [0.1, 0.15) is 437 Å². The van der Waals surface area contributed by atoms with E-state index in [-0.39, 0.29) is 69.2 Å². The summed E-state index contributed by atoms with van der Waals surface area (Å²) < 4.78 is 0. The lowest BCUT2D eigenvalue weighted by Gasteiger charge is -2.29. The van der Waals surface area contributed by atoms with Gasteiger partial charge >= 0.3 is 0 Å². The van der Waals surface area contributed by atoms with Crippen LogP contribution in [0, 0.1) is 0 Å². The summed E-state index contributed by atoms with van der Waals surface area (Å²) in [6, 6.07) is 18.2. The van der Waals surface area contributed by atoms with Crippen molar-refractivity contribution in [2.75, 3.05) is 28.2 Å². The van der Waals surface area contributed by atoms with E-state index in [1.165, 1.54) is 157 Å². The fraction of sp³-hybridized carbons (Fsp3) is 0.520. The third-order valence-corrected chi connectivity index (χ3v) is 28.0. The molecule has 0 N–H and O–H groups in total. The van der Waals surface area contributed by atoms with Crippen LogP contribution in [0.2, 0.25) is 0 Å². The van der Waals surface area contributed by atoms with E-state index in [1.807, 2.05) is 0 Å². The molecule has 0 radical (unpaired) electrons. The molecule has 0 atom stereocenters. The summed E-state index contributed by atoms with van der Waals surface area (Å²) >= 11 is 0. The topological polar surface area (TPSA) is 253 Å². The molecule has 4 aromatic heterocycles. The minimum Gasteiger partial charge on any atom is -0.275 e. The first kappa shape index (κ1) is 82.1. The van der Waals surface area contributed by atoms with Crippen molar-refractivity contribution in [2.24, 2.45) is 0 Å². The molecule has 8 bridgehead atoms. The van der Waals surface area contributed by atoms with Gasteiger partial charge in [0.15, 0.2) is 45.6 Å². The van der Waals surface area contributed by atoms with Crippen LogP contribution < -0.4 is 0 Å². The summed E-state index contributed by atoms with van der Waals surface area (Å²) in [6.45, 7) is 9.02. The smallest absolute Gasteiger partial charge is 0.275 e. The Bertz CT molecular complexity index is 4580. The maximum Gasteiger partial charge on any atom is 0.281 e. The Labute approximate surface area is 706 Å². The number of carbonyl (C=O) groups excluding carboxylic acids is 8. The fourth-order valence-electron chi connectivity index (χ4n) is 21.1. The molecule has 17 rings (SSSR count). The van der Waals surface area contributed by atoms with Gasteiger partial charge in [0.2, 0.25) is 0 Å². The van der Waals surface area contributed by atoms with Crippen molar-refractivity contribution in [1.29, 1.82) is 0 Å². The van der Waals surface area contributed by atoms with Crippen molar-refractivity contribution in [1.82, 2.24) is 59.5 Å². The zero-order chi connectivity index (χ0) is 83.3. The molecule has 9 aliphatic rings.